The summed E-state index contributed by atoms with van der Waals surface area (Å²) in [4.78, 5) is 0. The summed E-state index contributed by atoms with van der Waals surface area (Å²) in [5.74, 6) is 0. The average Bonchev–Trinajstić information content (AvgIpc) is 2.91. The van der Waals surface area contributed by atoms with Crippen molar-refractivity contribution in [2.45, 2.75) is 65.2 Å². The van der Waals surface area contributed by atoms with E-state index in [1.54, 1.807) is 28.6 Å². The van der Waals surface area contributed by atoms with Crippen molar-refractivity contribution in [1.82, 2.24) is 0 Å². The summed E-state index contributed by atoms with van der Waals surface area (Å²) in [6, 6.07) is 5.20. The van der Waals surface area contributed by atoms with Gasteiger partial charge in [0.25, 0.3) is 0 Å². The molecule has 0 aliphatic heterocycles. The van der Waals surface area contributed by atoms with E-state index in [-0.39, 0.29) is 7.53 Å². The fourth-order valence-corrected chi connectivity index (χ4v) is 13.2. The van der Waals surface area contributed by atoms with Crippen LogP contribution in [0.15, 0.2) is 12.1 Å². The maximum Gasteiger partial charge on any atom is 0.0904 e. The van der Waals surface area contributed by atoms with Crippen LogP contribution in [0.5, 0.6) is 0 Å². The Kier molecular flexibility index (Phi) is 4.14. The lowest BCUT2D eigenvalue weighted by atomic mass is 10.3. The third kappa shape index (κ3) is 3.06. The summed E-state index contributed by atoms with van der Waals surface area (Å²) >= 11 is 4.24. The second-order valence-electron chi connectivity index (χ2n) is 9.66. The van der Waals surface area contributed by atoms with Crippen LogP contribution in [0.25, 0.3) is 19.6 Å². The Labute approximate surface area is 152 Å². The van der Waals surface area contributed by atoms with Gasteiger partial charge >= 0.3 is 0 Å². The number of hydrogen-bond acceptors (Lipinski definition) is 2. The molecule has 0 amide bonds. The van der Waals surface area contributed by atoms with Crippen molar-refractivity contribution in [2.24, 2.45) is 0 Å². The van der Waals surface area contributed by atoms with Crippen molar-refractivity contribution in [3.8, 4) is 0 Å². The molecule has 0 atom stereocenters. The largest absolute Gasteiger partial charge is 0.143 e. The molecule has 0 nitrogen and oxygen atoms in total. The van der Waals surface area contributed by atoms with Crippen LogP contribution in [0.2, 0.25) is 39.3 Å². The minimum atomic E-state index is -1.22. The van der Waals surface area contributed by atoms with E-state index >= 15 is 0 Å². The Balaban J connectivity index is 2.41. The van der Waals surface area contributed by atoms with Gasteiger partial charge in [0.2, 0.25) is 0 Å². The molecule has 0 unspecified atom stereocenters. The first kappa shape index (κ1) is 17.9. The summed E-state index contributed by atoms with van der Waals surface area (Å²) in [5, 5.41) is 3.74. The van der Waals surface area contributed by atoms with Crippen molar-refractivity contribution in [3.05, 3.63) is 12.1 Å². The van der Waals surface area contributed by atoms with E-state index in [4.69, 9.17) is 0 Å². The topological polar surface area (TPSA) is 0 Å². The van der Waals surface area contributed by atoms with E-state index in [2.05, 4.69) is 94.9 Å². The van der Waals surface area contributed by atoms with E-state index < -0.39 is 16.1 Å². The molecule has 0 fully saturated rings. The second kappa shape index (κ2) is 5.31. The highest BCUT2D eigenvalue weighted by atomic mass is 32.1. The summed E-state index contributed by atoms with van der Waals surface area (Å²) in [7, 11) is -2.65. The minimum absolute atomic E-state index is 0.205. The summed E-state index contributed by atoms with van der Waals surface area (Å²) in [6.45, 7) is 22.2. The van der Waals surface area contributed by atoms with Gasteiger partial charge in [-0.15, -0.1) is 30.2 Å². The fourth-order valence-electron chi connectivity index (χ4n) is 3.01. The third-order valence-electron chi connectivity index (χ3n) is 4.26. The maximum atomic E-state index is 2.60. The number of thiophene rings is 2. The molecule has 0 saturated carbocycles. The molecule has 5 heteroatoms. The Morgan fingerprint density at radius 1 is 0.739 bits per heavy atom. The monoisotopic (exact) mass is 396 g/mol. The molecule has 0 radical (unpaired) electrons. The molecule has 0 N–H and O–H groups in total. The van der Waals surface area contributed by atoms with Crippen LogP contribution in [0.4, 0.5) is 0 Å². The van der Waals surface area contributed by atoms with Gasteiger partial charge in [0.05, 0.1) is 25.5 Å². The Morgan fingerprint density at radius 3 is 1.35 bits per heavy atom. The third-order valence-corrected chi connectivity index (χ3v) is 17.2. The molecular weight excluding hydrogens is 367 g/mol. The molecule has 23 heavy (non-hydrogen) atoms. The van der Waals surface area contributed by atoms with Crippen molar-refractivity contribution < 1.29 is 0 Å². The van der Waals surface area contributed by atoms with E-state index in [9.17, 15) is 0 Å². The van der Waals surface area contributed by atoms with Crippen LogP contribution in [-0.4, -0.2) is 16.1 Å². The van der Waals surface area contributed by atoms with Crippen molar-refractivity contribution >= 4 is 75.0 Å². The van der Waals surface area contributed by atoms with E-state index in [0.29, 0.717) is 5.16 Å². The van der Waals surface area contributed by atoms with Gasteiger partial charge in [-0.2, -0.15) is 0 Å². The zero-order chi connectivity index (χ0) is 17.4. The standard InChI is InChI=1S/C18H29PS2Si2/c1-18(2,3)19-12-10-14(22(4,5)6)20-16(12)17-13(19)11-15(21-17)23(7,8)9/h10-11H,1-9H3. The number of fused-ring (bicyclic) bond motifs is 3. The highest BCUT2D eigenvalue weighted by molar-refractivity contribution is 7.65. The Morgan fingerprint density at radius 2 is 1.09 bits per heavy atom. The molecule has 3 rings (SSSR count). The quantitative estimate of drug-likeness (QED) is 0.411. The minimum Gasteiger partial charge on any atom is -0.143 e. The van der Waals surface area contributed by atoms with E-state index in [0.717, 1.165) is 0 Å². The van der Waals surface area contributed by atoms with Gasteiger partial charge in [-0.1, -0.05) is 60.1 Å². The molecule has 0 aliphatic carbocycles. The molecule has 0 spiro atoms. The predicted molar refractivity (Wildman–Crippen MR) is 121 cm³/mol. The fraction of sp³-hybridized carbons (Fsp3) is 0.556. The van der Waals surface area contributed by atoms with Gasteiger partial charge in [0, 0.05) is 15.4 Å². The maximum absolute atomic E-state index is 2.60. The van der Waals surface area contributed by atoms with Crippen LogP contribution >= 0.6 is 30.2 Å². The smallest absolute Gasteiger partial charge is 0.0904 e. The SMILES string of the molecule is CC(C)(C)p1c2cc([Si](C)(C)C)sc2c2sc([Si](C)(C)C)cc21. The van der Waals surface area contributed by atoms with Crippen LogP contribution in [0.1, 0.15) is 20.8 Å². The van der Waals surface area contributed by atoms with Crippen LogP contribution in [0, 0.1) is 0 Å². The predicted octanol–water partition coefficient (Wildman–Crippen LogP) is 6.95. The van der Waals surface area contributed by atoms with Gasteiger partial charge < -0.3 is 0 Å². The van der Waals surface area contributed by atoms with Crippen LogP contribution < -0.4 is 9.00 Å². The summed E-state index contributed by atoms with van der Waals surface area (Å²) < 4.78 is 6.64. The molecule has 0 aliphatic rings. The molecule has 0 saturated heterocycles. The molecule has 3 aromatic heterocycles. The van der Waals surface area contributed by atoms with Gasteiger partial charge in [0.15, 0.2) is 0 Å². The second-order valence-corrected chi connectivity index (χ2v) is 25.5. The highest BCUT2D eigenvalue weighted by Crippen LogP contribution is 2.60. The lowest BCUT2D eigenvalue weighted by molar-refractivity contribution is 0.721. The van der Waals surface area contributed by atoms with Gasteiger partial charge in [-0.3, -0.25) is 0 Å². The molecule has 3 aromatic rings. The van der Waals surface area contributed by atoms with E-state index in [1.807, 2.05) is 0 Å². The molecule has 0 bridgehead atoms. The van der Waals surface area contributed by atoms with Crippen LogP contribution in [-0.2, 0) is 5.16 Å². The lowest BCUT2D eigenvalue weighted by Gasteiger charge is -2.20. The van der Waals surface area contributed by atoms with Crippen molar-refractivity contribution in [2.75, 3.05) is 0 Å². The molecule has 126 valence electrons. The number of rotatable bonds is 2. The average molecular weight is 397 g/mol. The summed E-state index contributed by atoms with van der Waals surface area (Å²) in [5.41, 5.74) is 0. The van der Waals surface area contributed by atoms with Gasteiger partial charge in [0.1, 0.15) is 0 Å². The zero-order valence-corrected chi connectivity index (χ0v) is 20.4. The highest BCUT2D eigenvalue weighted by Gasteiger charge is 2.30. The summed E-state index contributed by atoms with van der Waals surface area (Å²) in [6.07, 6.45) is 0. The first-order chi connectivity index (χ1) is 10.3. The van der Waals surface area contributed by atoms with E-state index in [1.165, 1.54) is 0 Å². The van der Waals surface area contributed by atoms with Crippen molar-refractivity contribution in [1.29, 1.82) is 0 Å². The first-order valence-corrected chi connectivity index (χ1v) is 18.4. The molecular formula is C18H29PS2Si2. The Bertz CT molecular complexity index is 811. The van der Waals surface area contributed by atoms with Crippen LogP contribution in [0.3, 0.4) is 0 Å². The molecule has 0 aromatic carbocycles. The van der Waals surface area contributed by atoms with Gasteiger partial charge in [-0.25, -0.2) is 0 Å². The normalized spacial score (nSPS) is 14.3. The first-order valence-electron chi connectivity index (χ1n) is 8.39. The van der Waals surface area contributed by atoms with Gasteiger partial charge in [-0.05, 0) is 21.1 Å². The lowest BCUT2D eigenvalue weighted by Crippen LogP contribution is -2.34. The van der Waals surface area contributed by atoms with Crippen molar-refractivity contribution in [3.63, 3.8) is 0 Å². The Hall–Kier alpha value is 0.134. The molecule has 3 heterocycles. The number of hydrogen-bond donors (Lipinski definition) is 0. The zero-order valence-electron chi connectivity index (χ0n) is 15.9.